The molecule has 1 aliphatic carbocycles. The molecule has 0 saturated heterocycles. The van der Waals surface area contributed by atoms with Gasteiger partial charge in [0.1, 0.15) is 5.76 Å². The van der Waals surface area contributed by atoms with Gasteiger partial charge in [0.25, 0.3) is 0 Å². The smallest absolute Gasteiger partial charge is 0.416 e. The van der Waals surface area contributed by atoms with Crippen molar-refractivity contribution in [1.29, 1.82) is 0 Å². The number of carboxylic acids is 1. The zero-order valence-electron chi connectivity index (χ0n) is 13.8. The van der Waals surface area contributed by atoms with Gasteiger partial charge >= 0.3 is 12.1 Å². The number of aliphatic imine (C=N–C) groups is 1. The zero-order chi connectivity index (χ0) is 19.0. The number of carbonyl (C=O) groups is 1. The Morgan fingerprint density at radius 2 is 2.08 bits per heavy atom. The molecular weight excluding hydrogens is 351 g/mol. The molecular formula is C18H18F3NO4. The van der Waals surface area contributed by atoms with Crippen molar-refractivity contribution in [2.75, 3.05) is 19.8 Å². The number of hydrogen-bond donors (Lipinski definition) is 1. The third kappa shape index (κ3) is 6.72. The van der Waals surface area contributed by atoms with Crippen LogP contribution in [-0.2, 0) is 27.1 Å². The van der Waals surface area contributed by atoms with Crippen LogP contribution in [0, 0.1) is 0 Å². The lowest BCUT2D eigenvalue weighted by atomic mass is 10.1. The van der Waals surface area contributed by atoms with Gasteiger partial charge in [-0.15, -0.1) is 0 Å². The van der Waals surface area contributed by atoms with E-state index < -0.39 is 24.3 Å². The van der Waals surface area contributed by atoms with Gasteiger partial charge in [-0.3, -0.25) is 4.99 Å². The molecule has 26 heavy (non-hydrogen) atoms. The Kier molecular flexibility index (Phi) is 6.97. The lowest BCUT2D eigenvalue weighted by Gasteiger charge is -2.10. The molecule has 2 rings (SSSR count). The van der Waals surface area contributed by atoms with Gasteiger partial charge in [0.15, 0.2) is 6.61 Å². The highest BCUT2D eigenvalue weighted by Gasteiger charge is 2.30. The normalized spacial score (nSPS) is 15.8. The molecule has 0 spiro atoms. The summed E-state index contributed by atoms with van der Waals surface area (Å²) in [6, 6.07) is 5.02. The SMILES string of the molecule is O=C(O)COC1=CCC(=NCCOCc2cccc(C(F)(F)F)c2)C=C1. The Labute approximate surface area is 148 Å². The highest BCUT2D eigenvalue weighted by Crippen LogP contribution is 2.29. The van der Waals surface area contributed by atoms with Crippen LogP contribution < -0.4 is 0 Å². The number of ether oxygens (including phenoxy) is 2. The number of nitrogens with zero attached hydrogens (tertiary/aromatic N) is 1. The molecule has 140 valence electrons. The second-order valence-corrected chi connectivity index (χ2v) is 5.45. The quantitative estimate of drug-likeness (QED) is 0.711. The van der Waals surface area contributed by atoms with Gasteiger partial charge in [0.05, 0.1) is 25.3 Å². The van der Waals surface area contributed by atoms with E-state index in [4.69, 9.17) is 14.6 Å². The fourth-order valence-electron chi connectivity index (χ4n) is 2.17. The summed E-state index contributed by atoms with van der Waals surface area (Å²) in [6.45, 7) is 0.335. The summed E-state index contributed by atoms with van der Waals surface area (Å²) >= 11 is 0. The largest absolute Gasteiger partial charge is 0.482 e. The molecule has 0 radical (unpaired) electrons. The molecule has 0 unspecified atom stereocenters. The molecule has 1 N–H and O–H groups in total. The van der Waals surface area contributed by atoms with Gasteiger partial charge in [-0.1, -0.05) is 12.1 Å². The van der Waals surface area contributed by atoms with Crippen LogP contribution in [0.2, 0.25) is 0 Å². The third-order valence-electron chi connectivity index (χ3n) is 3.39. The van der Waals surface area contributed by atoms with E-state index in [0.29, 0.717) is 24.3 Å². The van der Waals surface area contributed by atoms with Crippen molar-refractivity contribution in [1.82, 2.24) is 0 Å². The monoisotopic (exact) mass is 369 g/mol. The van der Waals surface area contributed by atoms with Gasteiger partial charge in [-0.2, -0.15) is 13.2 Å². The van der Waals surface area contributed by atoms with Crippen LogP contribution in [0.4, 0.5) is 13.2 Å². The van der Waals surface area contributed by atoms with Crippen molar-refractivity contribution in [3.63, 3.8) is 0 Å². The van der Waals surface area contributed by atoms with Crippen LogP contribution in [0.3, 0.4) is 0 Å². The summed E-state index contributed by atoms with van der Waals surface area (Å²) in [4.78, 5) is 14.7. The first-order valence-electron chi connectivity index (χ1n) is 7.84. The fraction of sp³-hybridized carbons (Fsp3) is 0.333. The van der Waals surface area contributed by atoms with Crippen molar-refractivity contribution < 1.29 is 32.5 Å². The van der Waals surface area contributed by atoms with Crippen LogP contribution in [0.15, 0.2) is 53.2 Å². The van der Waals surface area contributed by atoms with E-state index >= 15 is 0 Å². The van der Waals surface area contributed by atoms with E-state index in [1.165, 1.54) is 6.07 Å². The Morgan fingerprint density at radius 1 is 1.27 bits per heavy atom. The number of carboxylic acid groups (broad SMARTS) is 1. The molecule has 0 heterocycles. The first kappa shape index (κ1) is 19.7. The molecule has 0 atom stereocenters. The predicted molar refractivity (Wildman–Crippen MR) is 88.8 cm³/mol. The Hall–Kier alpha value is -2.61. The number of allylic oxidation sites excluding steroid dienone is 3. The fourth-order valence-corrected chi connectivity index (χ4v) is 2.17. The average Bonchev–Trinajstić information content (AvgIpc) is 2.60. The van der Waals surface area contributed by atoms with E-state index in [-0.39, 0.29) is 13.2 Å². The van der Waals surface area contributed by atoms with Gasteiger partial charge in [-0.25, -0.2) is 4.79 Å². The number of hydrogen-bond acceptors (Lipinski definition) is 4. The Morgan fingerprint density at radius 3 is 2.73 bits per heavy atom. The van der Waals surface area contributed by atoms with Crippen LogP contribution >= 0.6 is 0 Å². The van der Waals surface area contributed by atoms with E-state index in [2.05, 4.69) is 4.99 Å². The molecule has 0 bridgehead atoms. The topological polar surface area (TPSA) is 68.1 Å². The van der Waals surface area contributed by atoms with Crippen molar-refractivity contribution in [3.05, 3.63) is 59.4 Å². The minimum Gasteiger partial charge on any atom is -0.482 e. The molecule has 1 aromatic carbocycles. The first-order chi connectivity index (χ1) is 12.3. The van der Waals surface area contributed by atoms with Gasteiger partial charge < -0.3 is 14.6 Å². The second-order valence-electron chi connectivity index (χ2n) is 5.45. The molecule has 0 amide bonds. The van der Waals surface area contributed by atoms with Crippen molar-refractivity contribution in [2.45, 2.75) is 19.2 Å². The van der Waals surface area contributed by atoms with Crippen molar-refractivity contribution >= 4 is 11.7 Å². The van der Waals surface area contributed by atoms with E-state index in [9.17, 15) is 18.0 Å². The van der Waals surface area contributed by atoms with Crippen LogP contribution in [0.25, 0.3) is 0 Å². The summed E-state index contributed by atoms with van der Waals surface area (Å²) in [7, 11) is 0. The second kappa shape index (κ2) is 9.19. The third-order valence-corrected chi connectivity index (χ3v) is 3.39. The number of alkyl halides is 3. The maximum Gasteiger partial charge on any atom is 0.416 e. The summed E-state index contributed by atoms with van der Waals surface area (Å²) in [5.74, 6) is -0.566. The molecule has 0 saturated carbocycles. The lowest BCUT2D eigenvalue weighted by Crippen LogP contribution is -2.09. The molecule has 0 aromatic heterocycles. The molecule has 8 heteroatoms. The minimum atomic E-state index is -4.37. The molecule has 1 aliphatic rings. The van der Waals surface area contributed by atoms with Crippen LogP contribution in [0.5, 0.6) is 0 Å². The van der Waals surface area contributed by atoms with E-state index in [1.807, 2.05) is 0 Å². The standard InChI is InChI=1S/C18H18F3NO4/c19-18(20,21)14-3-1-2-13(10-14)11-25-9-8-22-15-4-6-16(7-5-15)26-12-17(23)24/h1-4,6-7,10H,5,8-9,11-12H2,(H,23,24). The molecule has 1 aromatic rings. The summed E-state index contributed by atoms with van der Waals surface area (Å²) in [6.07, 6.45) is 1.24. The number of aliphatic carboxylic acids is 1. The maximum absolute atomic E-state index is 12.6. The van der Waals surface area contributed by atoms with Crippen LogP contribution in [-0.4, -0.2) is 36.5 Å². The first-order valence-corrected chi connectivity index (χ1v) is 7.84. The predicted octanol–water partition coefficient (Wildman–Crippen LogP) is 3.61. The van der Waals surface area contributed by atoms with Crippen LogP contribution in [0.1, 0.15) is 17.5 Å². The number of halogens is 3. The molecule has 5 nitrogen and oxygen atoms in total. The van der Waals surface area contributed by atoms with Crippen molar-refractivity contribution in [2.24, 2.45) is 4.99 Å². The van der Waals surface area contributed by atoms with E-state index in [1.54, 1.807) is 24.3 Å². The van der Waals surface area contributed by atoms with Crippen molar-refractivity contribution in [3.8, 4) is 0 Å². The van der Waals surface area contributed by atoms with Gasteiger partial charge in [0, 0.05) is 12.1 Å². The van der Waals surface area contributed by atoms with Gasteiger partial charge in [-0.05, 0) is 35.9 Å². The summed E-state index contributed by atoms with van der Waals surface area (Å²) in [5, 5.41) is 8.53. The molecule has 0 fully saturated rings. The molecule has 0 aliphatic heterocycles. The number of rotatable bonds is 8. The summed E-state index contributed by atoms with van der Waals surface area (Å²) < 4.78 is 48.3. The highest BCUT2D eigenvalue weighted by atomic mass is 19.4. The zero-order valence-corrected chi connectivity index (χ0v) is 13.8. The van der Waals surface area contributed by atoms with Gasteiger partial charge in [0.2, 0.25) is 0 Å². The summed E-state index contributed by atoms with van der Waals surface area (Å²) in [5.41, 5.74) is 0.544. The average molecular weight is 369 g/mol. The lowest BCUT2D eigenvalue weighted by molar-refractivity contribution is -0.140. The minimum absolute atomic E-state index is 0.0810. The Balaban J connectivity index is 1.71. The number of benzene rings is 1. The maximum atomic E-state index is 12.6. The van der Waals surface area contributed by atoms with E-state index in [0.717, 1.165) is 17.8 Å². The Bertz CT molecular complexity index is 723. The highest BCUT2D eigenvalue weighted by molar-refractivity contribution is 5.97.